The number of hydrogen-bond acceptors (Lipinski definition) is 5. The lowest BCUT2D eigenvalue weighted by Crippen LogP contribution is -2.45. The quantitative estimate of drug-likeness (QED) is 0.641. The number of carbonyl (C=O) groups is 4. The molecule has 1 N–H and O–H groups in total. The van der Waals surface area contributed by atoms with Crippen LogP contribution < -0.4 is 5.32 Å². The predicted molar refractivity (Wildman–Crippen MR) is 87.8 cm³/mol. The van der Waals surface area contributed by atoms with Crippen molar-refractivity contribution in [2.45, 2.75) is 44.7 Å². The molecule has 0 radical (unpaired) electrons. The number of fused-ring (bicyclic) bond motifs is 1. The van der Waals surface area contributed by atoms with Crippen molar-refractivity contribution in [2.24, 2.45) is 0 Å². The molecule has 3 rings (SSSR count). The summed E-state index contributed by atoms with van der Waals surface area (Å²) in [6.07, 6.45) is 4.04. The van der Waals surface area contributed by atoms with Crippen molar-refractivity contribution in [1.29, 1.82) is 0 Å². The summed E-state index contributed by atoms with van der Waals surface area (Å²) in [5.74, 6) is -2.20. The third-order valence-electron chi connectivity index (χ3n) is 4.62. The van der Waals surface area contributed by atoms with E-state index in [1.165, 1.54) is 6.92 Å². The summed E-state index contributed by atoms with van der Waals surface area (Å²) in [6, 6.07) is 5.45. The molecule has 1 aliphatic carbocycles. The van der Waals surface area contributed by atoms with E-state index in [0.29, 0.717) is 0 Å². The van der Waals surface area contributed by atoms with Crippen molar-refractivity contribution in [3.63, 3.8) is 0 Å². The molecular weight excluding hydrogens is 324 g/mol. The van der Waals surface area contributed by atoms with Crippen LogP contribution in [0.4, 0.5) is 0 Å². The maximum Gasteiger partial charge on any atom is 0.329 e. The molecule has 0 unspecified atom stereocenters. The standard InChI is InChI=1S/C18H20N2O5/c1-11(18(24)25-10-15(21)19-12-6-2-3-7-12)20-16(22)13-8-4-5-9-14(13)17(20)23/h4-5,8-9,11-12H,2-3,6-7,10H2,1H3,(H,19,21)/t11-/m0/s1. The van der Waals surface area contributed by atoms with E-state index in [4.69, 9.17) is 4.74 Å². The van der Waals surface area contributed by atoms with Gasteiger partial charge < -0.3 is 10.1 Å². The van der Waals surface area contributed by atoms with E-state index in [1.54, 1.807) is 24.3 Å². The molecule has 1 aliphatic heterocycles. The van der Waals surface area contributed by atoms with Crippen LogP contribution in [0.2, 0.25) is 0 Å². The fraction of sp³-hybridized carbons (Fsp3) is 0.444. The summed E-state index contributed by atoms with van der Waals surface area (Å²) >= 11 is 0. The molecule has 1 saturated carbocycles. The summed E-state index contributed by atoms with van der Waals surface area (Å²) in [7, 11) is 0. The maximum atomic E-state index is 12.3. The smallest absolute Gasteiger partial charge is 0.329 e. The SMILES string of the molecule is C[C@@H](C(=O)OCC(=O)NC1CCCC1)N1C(=O)c2ccccc2C1=O. The minimum Gasteiger partial charge on any atom is -0.454 e. The van der Waals surface area contributed by atoms with Crippen molar-refractivity contribution in [3.8, 4) is 0 Å². The number of imide groups is 1. The number of carbonyl (C=O) groups excluding carboxylic acids is 4. The Morgan fingerprint density at radius 1 is 1.16 bits per heavy atom. The van der Waals surface area contributed by atoms with Gasteiger partial charge in [-0.15, -0.1) is 0 Å². The number of esters is 1. The number of rotatable bonds is 5. The Morgan fingerprint density at radius 2 is 1.72 bits per heavy atom. The molecular formula is C18H20N2O5. The van der Waals surface area contributed by atoms with E-state index in [1.807, 2.05) is 0 Å². The van der Waals surface area contributed by atoms with Crippen LogP contribution in [-0.4, -0.2) is 47.3 Å². The zero-order valence-electron chi connectivity index (χ0n) is 14.0. The molecule has 1 aromatic rings. The summed E-state index contributed by atoms with van der Waals surface area (Å²) in [5, 5.41) is 2.81. The van der Waals surface area contributed by atoms with Gasteiger partial charge in [0.2, 0.25) is 0 Å². The lowest BCUT2D eigenvalue weighted by molar-refractivity contribution is -0.152. The zero-order chi connectivity index (χ0) is 18.0. The average Bonchev–Trinajstić information content (AvgIpc) is 3.20. The molecule has 1 fully saturated rings. The fourth-order valence-corrected chi connectivity index (χ4v) is 3.26. The van der Waals surface area contributed by atoms with Gasteiger partial charge in [0.25, 0.3) is 17.7 Å². The molecule has 0 saturated heterocycles. The van der Waals surface area contributed by atoms with Crippen LogP contribution in [0.25, 0.3) is 0 Å². The largest absolute Gasteiger partial charge is 0.454 e. The van der Waals surface area contributed by atoms with E-state index in [-0.39, 0.29) is 23.1 Å². The van der Waals surface area contributed by atoms with Gasteiger partial charge in [0, 0.05) is 6.04 Å². The normalized spacial score (nSPS) is 18.2. The molecule has 25 heavy (non-hydrogen) atoms. The molecule has 3 amide bonds. The van der Waals surface area contributed by atoms with Gasteiger partial charge in [0.05, 0.1) is 11.1 Å². The minimum absolute atomic E-state index is 0.139. The predicted octanol–water partition coefficient (Wildman–Crippen LogP) is 1.27. The zero-order valence-corrected chi connectivity index (χ0v) is 14.0. The van der Waals surface area contributed by atoms with Gasteiger partial charge in [-0.2, -0.15) is 0 Å². The van der Waals surface area contributed by atoms with Crippen LogP contribution in [0.15, 0.2) is 24.3 Å². The first-order valence-corrected chi connectivity index (χ1v) is 8.42. The number of ether oxygens (including phenoxy) is 1. The second-order valence-electron chi connectivity index (χ2n) is 6.36. The number of amides is 3. The summed E-state index contributed by atoms with van der Waals surface area (Å²) in [5.41, 5.74) is 0.539. The van der Waals surface area contributed by atoms with Gasteiger partial charge in [-0.3, -0.25) is 19.3 Å². The molecule has 2 aliphatic rings. The monoisotopic (exact) mass is 344 g/mol. The van der Waals surface area contributed by atoms with Crippen molar-refractivity contribution in [3.05, 3.63) is 35.4 Å². The molecule has 0 aromatic heterocycles. The lowest BCUT2D eigenvalue weighted by Gasteiger charge is -2.21. The number of nitrogens with zero attached hydrogens (tertiary/aromatic N) is 1. The van der Waals surface area contributed by atoms with E-state index < -0.39 is 30.4 Å². The van der Waals surface area contributed by atoms with Gasteiger partial charge in [0.1, 0.15) is 6.04 Å². The highest BCUT2D eigenvalue weighted by Crippen LogP contribution is 2.24. The first-order chi connectivity index (χ1) is 12.0. The molecule has 1 aromatic carbocycles. The summed E-state index contributed by atoms with van der Waals surface area (Å²) in [6.45, 7) is 1.00. The Balaban J connectivity index is 1.57. The fourth-order valence-electron chi connectivity index (χ4n) is 3.26. The number of benzene rings is 1. The lowest BCUT2D eigenvalue weighted by atomic mass is 10.1. The van der Waals surface area contributed by atoms with Crippen LogP contribution >= 0.6 is 0 Å². The number of nitrogens with one attached hydrogen (secondary N) is 1. The van der Waals surface area contributed by atoms with Crippen molar-refractivity contribution < 1.29 is 23.9 Å². The van der Waals surface area contributed by atoms with Crippen LogP contribution in [0.1, 0.15) is 53.3 Å². The van der Waals surface area contributed by atoms with Gasteiger partial charge in [0.15, 0.2) is 6.61 Å². The molecule has 0 spiro atoms. The molecule has 132 valence electrons. The van der Waals surface area contributed by atoms with Gasteiger partial charge in [-0.05, 0) is 31.9 Å². The highest BCUT2D eigenvalue weighted by molar-refractivity contribution is 6.22. The van der Waals surface area contributed by atoms with E-state index in [9.17, 15) is 19.2 Å². The van der Waals surface area contributed by atoms with E-state index >= 15 is 0 Å². The molecule has 7 heteroatoms. The second-order valence-corrected chi connectivity index (χ2v) is 6.36. The molecule has 0 bridgehead atoms. The third-order valence-corrected chi connectivity index (χ3v) is 4.62. The van der Waals surface area contributed by atoms with Crippen LogP contribution in [0, 0.1) is 0 Å². The van der Waals surface area contributed by atoms with Crippen molar-refractivity contribution >= 4 is 23.7 Å². The summed E-state index contributed by atoms with van der Waals surface area (Å²) < 4.78 is 4.99. The Labute approximate surface area is 145 Å². The summed E-state index contributed by atoms with van der Waals surface area (Å²) in [4.78, 5) is 49.5. The highest BCUT2D eigenvalue weighted by Gasteiger charge is 2.41. The van der Waals surface area contributed by atoms with Crippen LogP contribution in [-0.2, 0) is 14.3 Å². The molecule has 7 nitrogen and oxygen atoms in total. The Morgan fingerprint density at radius 3 is 2.28 bits per heavy atom. The van der Waals surface area contributed by atoms with Gasteiger partial charge in [-0.1, -0.05) is 25.0 Å². The van der Waals surface area contributed by atoms with Crippen molar-refractivity contribution in [2.75, 3.05) is 6.61 Å². The van der Waals surface area contributed by atoms with Crippen LogP contribution in [0.3, 0.4) is 0 Å². The van der Waals surface area contributed by atoms with E-state index in [2.05, 4.69) is 5.32 Å². The average molecular weight is 344 g/mol. The minimum atomic E-state index is -1.09. The molecule has 1 atom stereocenters. The van der Waals surface area contributed by atoms with Gasteiger partial charge in [-0.25, -0.2) is 4.79 Å². The van der Waals surface area contributed by atoms with Crippen LogP contribution in [0.5, 0.6) is 0 Å². The Kier molecular flexibility index (Phi) is 4.83. The molecule has 1 heterocycles. The maximum absolute atomic E-state index is 12.3. The van der Waals surface area contributed by atoms with E-state index in [0.717, 1.165) is 30.6 Å². The Bertz CT molecular complexity index is 689. The number of hydrogen-bond donors (Lipinski definition) is 1. The first kappa shape index (κ1) is 17.1. The third kappa shape index (κ3) is 3.40. The topological polar surface area (TPSA) is 92.8 Å². The Hall–Kier alpha value is -2.70. The second kappa shape index (κ2) is 7.04. The highest BCUT2D eigenvalue weighted by atomic mass is 16.5. The van der Waals surface area contributed by atoms with Crippen molar-refractivity contribution in [1.82, 2.24) is 10.2 Å². The van der Waals surface area contributed by atoms with Gasteiger partial charge >= 0.3 is 5.97 Å². The first-order valence-electron chi connectivity index (χ1n) is 8.42.